The molecule has 3 heterocycles. The van der Waals surface area contributed by atoms with Crippen LogP contribution in [0.1, 0.15) is 35.3 Å². The Morgan fingerprint density at radius 2 is 1.92 bits per heavy atom. The molecule has 0 spiro atoms. The predicted octanol–water partition coefficient (Wildman–Crippen LogP) is 5.30. The maximum Gasteiger partial charge on any atom is 0.276 e. The molecule has 1 saturated heterocycles. The van der Waals surface area contributed by atoms with E-state index in [0.717, 1.165) is 47.9 Å². The first-order valence-corrected chi connectivity index (χ1v) is 12.2. The number of rotatable bonds is 5. The molecule has 1 aliphatic carbocycles. The lowest BCUT2D eigenvalue weighted by Crippen LogP contribution is -2.25. The molecule has 2 unspecified atom stereocenters. The molecule has 8 heteroatoms. The zero-order valence-corrected chi connectivity index (χ0v) is 19.6. The maximum atomic E-state index is 13.2. The number of ether oxygens (including phenoxy) is 1. The molecule has 2 aliphatic heterocycles. The van der Waals surface area contributed by atoms with Gasteiger partial charge in [-0.2, -0.15) is 5.10 Å². The van der Waals surface area contributed by atoms with Gasteiger partial charge in [0.1, 0.15) is 0 Å². The molecule has 3 aliphatic rings. The summed E-state index contributed by atoms with van der Waals surface area (Å²) in [7, 11) is 0. The summed E-state index contributed by atoms with van der Waals surface area (Å²) in [5, 5.41) is 16.4. The average molecular weight is 480 g/mol. The number of amides is 2. The van der Waals surface area contributed by atoms with Crippen LogP contribution in [-0.4, -0.2) is 34.3 Å². The van der Waals surface area contributed by atoms with Gasteiger partial charge in [0.25, 0.3) is 11.8 Å². The number of carbonyl (C=O) groups excluding carboxylic acids is 2. The summed E-state index contributed by atoms with van der Waals surface area (Å²) < 4.78 is 7.77. The third-order valence-electron chi connectivity index (χ3n) is 6.75. The Bertz CT molecular complexity index is 1460. The Balaban J connectivity index is 1.23. The van der Waals surface area contributed by atoms with Crippen molar-refractivity contribution in [3.63, 3.8) is 0 Å². The first-order valence-electron chi connectivity index (χ1n) is 12.2. The van der Waals surface area contributed by atoms with Crippen molar-refractivity contribution < 1.29 is 14.3 Å². The molecule has 180 valence electrons. The summed E-state index contributed by atoms with van der Waals surface area (Å²) in [4.78, 5) is 25.3. The number of nitrogens with zero attached hydrogens (tertiary/aromatic N) is 4. The minimum absolute atomic E-state index is 0.113. The minimum atomic E-state index is -0.399. The van der Waals surface area contributed by atoms with E-state index in [0.29, 0.717) is 23.6 Å². The first-order chi connectivity index (χ1) is 17.7. The fraction of sp³-hybridized carbons (Fsp3) is 0.250. The number of aromatic nitrogens is 2. The highest BCUT2D eigenvalue weighted by Crippen LogP contribution is 2.34. The molecule has 36 heavy (non-hydrogen) atoms. The van der Waals surface area contributed by atoms with Crippen molar-refractivity contribution in [2.75, 3.05) is 11.9 Å². The summed E-state index contributed by atoms with van der Waals surface area (Å²) in [6.07, 6.45) is 10.8. The molecule has 0 radical (unpaired) electrons. The number of para-hydroxylation sites is 1. The monoisotopic (exact) mass is 479 g/mol. The SMILES string of the molecule is O=C(Nc1ccc(C2=C3C=CC=CC3C(=O)N=N2)cc1)c1nn(CC2CCCCO2)c2ccccc12. The fourth-order valence-corrected chi connectivity index (χ4v) is 4.91. The minimum Gasteiger partial charge on any atom is -0.376 e. The number of azo groups is 1. The van der Waals surface area contributed by atoms with Crippen molar-refractivity contribution in [2.45, 2.75) is 31.9 Å². The summed E-state index contributed by atoms with van der Waals surface area (Å²) in [5.74, 6) is -0.933. The van der Waals surface area contributed by atoms with Crippen LogP contribution < -0.4 is 5.32 Å². The van der Waals surface area contributed by atoms with Gasteiger partial charge in [-0.05, 0) is 43.0 Å². The molecule has 1 fully saturated rings. The Kier molecular flexibility index (Phi) is 5.87. The van der Waals surface area contributed by atoms with Crippen molar-refractivity contribution in [1.82, 2.24) is 9.78 Å². The van der Waals surface area contributed by atoms with Crippen LogP contribution in [0.3, 0.4) is 0 Å². The van der Waals surface area contributed by atoms with E-state index in [-0.39, 0.29) is 17.9 Å². The number of allylic oxidation sites excluding steroid dienone is 3. The van der Waals surface area contributed by atoms with Gasteiger partial charge in [-0.3, -0.25) is 14.3 Å². The second-order valence-corrected chi connectivity index (χ2v) is 9.13. The molecule has 0 bridgehead atoms. The lowest BCUT2D eigenvalue weighted by atomic mass is 9.89. The first kappa shape index (κ1) is 22.3. The van der Waals surface area contributed by atoms with Crippen LogP contribution in [0.2, 0.25) is 0 Å². The van der Waals surface area contributed by atoms with Crippen molar-refractivity contribution in [2.24, 2.45) is 16.1 Å². The van der Waals surface area contributed by atoms with Gasteiger partial charge in [0.2, 0.25) is 0 Å². The molecule has 3 aromatic rings. The molecular weight excluding hydrogens is 454 g/mol. The van der Waals surface area contributed by atoms with Crippen LogP contribution in [0, 0.1) is 5.92 Å². The predicted molar refractivity (Wildman–Crippen MR) is 136 cm³/mol. The third-order valence-corrected chi connectivity index (χ3v) is 6.75. The lowest BCUT2D eigenvalue weighted by Gasteiger charge is -2.22. The summed E-state index contributed by atoms with van der Waals surface area (Å²) in [5.41, 5.74) is 4.26. The average Bonchev–Trinajstić information content (AvgIpc) is 3.29. The number of nitrogens with one attached hydrogen (secondary N) is 1. The van der Waals surface area contributed by atoms with E-state index in [4.69, 9.17) is 4.74 Å². The maximum absolute atomic E-state index is 13.2. The molecule has 8 nitrogen and oxygen atoms in total. The van der Waals surface area contributed by atoms with Gasteiger partial charge in [0, 0.05) is 23.2 Å². The molecular formula is C28H25N5O3. The van der Waals surface area contributed by atoms with Crippen LogP contribution in [0.5, 0.6) is 0 Å². The Morgan fingerprint density at radius 3 is 2.75 bits per heavy atom. The second-order valence-electron chi connectivity index (χ2n) is 9.13. The van der Waals surface area contributed by atoms with E-state index in [1.807, 2.05) is 77.5 Å². The van der Waals surface area contributed by atoms with Crippen molar-refractivity contribution in [3.05, 3.63) is 89.7 Å². The lowest BCUT2D eigenvalue weighted by molar-refractivity contribution is -0.119. The molecule has 1 N–H and O–H groups in total. The van der Waals surface area contributed by atoms with Crippen LogP contribution in [0.15, 0.2) is 88.6 Å². The molecule has 2 atom stereocenters. The topological polar surface area (TPSA) is 97.9 Å². The molecule has 6 rings (SSSR count). The molecule has 0 saturated carbocycles. The van der Waals surface area contributed by atoms with Gasteiger partial charge in [0.15, 0.2) is 5.69 Å². The van der Waals surface area contributed by atoms with Gasteiger partial charge in [0.05, 0.1) is 29.8 Å². The molecule has 1 aromatic heterocycles. The van der Waals surface area contributed by atoms with Crippen LogP contribution >= 0.6 is 0 Å². The Hall–Kier alpha value is -4.17. The molecule has 2 aromatic carbocycles. The highest BCUT2D eigenvalue weighted by molar-refractivity contribution is 6.11. The Morgan fingerprint density at radius 1 is 1.06 bits per heavy atom. The van der Waals surface area contributed by atoms with Gasteiger partial charge >= 0.3 is 0 Å². The van der Waals surface area contributed by atoms with E-state index in [9.17, 15) is 9.59 Å². The number of anilines is 1. The zero-order valence-electron chi connectivity index (χ0n) is 19.6. The van der Waals surface area contributed by atoms with Crippen molar-refractivity contribution >= 4 is 34.1 Å². The summed E-state index contributed by atoms with van der Waals surface area (Å²) in [6, 6.07) is 15.1. The van der Waals surface area contributed by atoms with E-state index in [1.165, 1.54) is 0 Å². The van der Waals surface area contributed by atoms with Crippen LogP contribution in [0.25, 0.3) is 16.6 Å². The van der Waals surface area contributed by atoms with Crippen molar-refractivity contribution in [1.29, 1.82) is 0 Å². The van der Waals surface area contributed by atoms with E-state index >= 15 is 0 Å². The highest BCUT2D eigenvalue weighted by atomic mass is 16.5. The Labute approximate surface area is 208 Å². The normalized spacial score (nSPS) is 21.2. The summed E-state index contributed by atoms with van der Waals surface area (Å²) >= 11 is 0. The standard InChI is InChI=1S/C28H25N5O3/c34-27-22-9-2-1-8-21(22)25(30-31-27)18-12-14-19(15-13-18)29-28(35)26-23-10-3-4-11-24(23)33(32-26)17-20-7-5-6-16-36-20/h1-4,8-15,20,22H,5-7,16-17H2,(H,29,35). The van der Waals surface area contributed by atoms with Crippen molar-refractivity contribution in [3.8, 4) is 0 Å². The van der Waals surface area contributed by atoms with Gasteiger partial charge in [-0.1, -0.05) is 54.6 Å². The van der Waals surface area contributed by atoms with E-state index in [2.05, 4.69) is 20.6 Å². The molecule has 2 amide bonds. The fourth-order valence-electron chi connectivity index (χ4n) is 4.91. The van der Waals surface area contributed by atoms with Crippen LogP contribution in [0.4, 0.5) is 5.69 Å². The summed E-state index contributed by atoms with van der Waals surface area (Å²) in [6.45, 7) is 1.40. The third kappa shape index (κ3) is 4.20. The van der Waals surface area contributed by atoms with Gasteiger partial charge < -0.3 is 10.1 Å². The second kappa shape index (κ2) is 9.47. The van der Waals surface area contributed by atoms with Gasteiger partial charge in [-0.25, -0.2) is 0 Å². The smallest absolute Gasteiger partial charge is 0.276 e. The largest absolute Gasteiger partial charge is 0.376 e. The van der Waals surface area contributed by atoms with Crippen LogP contribution in [-0.2, 0) is 16.1 Å². The van der Waals surface area contributed by atoms with Gasteiger partial charge in [-0.15, -0.1) is 10.2 Å². The zero-order chi connectivity index (χ0) is 24.5. The number of fused-ring (bicyclic) bond motifs is 2. The number of carbonyl (C=O) groups is 2. The van der Waals surface area contributed by atoms with E-state index in [1.54, 1.807) is 0 Å². The number of hydrogen-bond acceptors (Lipinski definition) is 5. The quantitative estimate of drug-likeness (QED) is 0.537. The highest BCUT2D eigenvalue weighted by Gasteiger charge is 2.28. The van der Waals surface area contributed by atoms with E-state index < -0.39 is 5.92 Å². The number of hydrogen-bond donors (Lipinski definition) is 1. The number of benzene rings is 2.